The second kappa shape index (κ2) is 12.9. The predicted molar refractivity (Wildman–Crippen MR) is 129 cm³/mol. The molecule has 1 fully saturated rings. The van der Waals surface area contributed by atoms with Gasteiger partial charge < -0.3 is 30.3 Å². The van der Waals surface area contributed by atoms with E-state index in [0.29, 0.717) is 11.3 Å². The van der Waals surface area contributed by atoms with Gasteiger partial charge in [-0.2, -0.15) is 0 Å². The summed E-state index contributed by atoms with van der Waals surface area (Å²) in [5.41, 5.74) is 1.54. The molecule has 0 aromatic heterocycles. The first-order valence-corrected chi connectivity index (χ1v) is 11.7. The number of halogens is 3. The fourth-order valence-electron chi connectivity index (χ4n) is 3.86. The average Bonchev–Trinajstić information content (AvgIpc) is 2.88. The lowest BCUT2D eigenvalue weighted by Crippen LogP contribution is -2.47. The molecule has 0 saturated carbocycles. The maximum atomic E-state index is 13.2. The highest BCUT2D eigenvalue weighted by Gasteiger charge is 2.31. The number of rotatable bonds is 9. The third-order valence-corrected chi connectivity index (χ3v) is 5.76. The van der Waals surface area contributed by atoms with Crippen LogP contribution in [0.25, 0.3) is 0 Å². The molecule has 2 aromatic rings. The number of piperidine rings is 1. The van der Waals surface area contributed by atoms with E-state index in [0.717, 1.165) is 43.6 Å². The van der Waals surface area contributed by atoms with E-state index in [1.807, 2.05) is 0 Å². The van der Waals surface area contributed by atoms with E-state index in [-0.39, 0.29) is 43.2 Å². The minimum atomic E-state index is -4.80. The topological polar surface area (TPSA) is 109 Å². The van der Waals surface area contributed by atoms with Crippen LogP contribution < -0.4 is 20.7 Å². The Morgan fingerprint density at radius 1 is 1.03 bits per heavy atom. The Labute approximate surface area is 212 Å². The Morgan fingerprint density at radius 2 is 1.68 bits per heavy atom. The van der Waals surface area contributed by atoms with Crippen molar-refractivity contribution >= 4 is 23.6 Å². The number of carbonyl (C=O) groups excluding carboxylic acids is 3. The molecule has 3 rings (SSSR count). The number of alkyl halides is 3. The van der Waals surface area contributed by atoms with E-state index in [4.69, 9.17) is 0 Å². The van der Waals surface area contributed by atoms with Gasteiger partial charge in [-0.25, -0.2) is 4.79 Å². The SMILES string of the molecule is COC(=O)CCNC(=O)c1ccc(CN(C(=O)Nc2ccc(OC(F)(F)F)cc2)C2CCNCC2)cc1. The highest BCUT2D eigenvalue weighted by atomic mass is 19.4. The lowest BCUT2D eigenvalue weighted by atomic mass is 10.0. The maximum Gasteiger partial charge on any atom is 0.573 e. The molecule has 0 atom stereocenters. The van der Waals surface area contributed by atoms with Gasteiger partial charge >= 0.3 is 18.4 Å². The molecule has 37 heavy (non-hydrogen) atoms. The van der Waals surface area contributed by atoms with Crippen LogP contribution in [0.4, 0.5) is 23.7 Å². The van der Waals surface area contributed by atoms with Crippen molar-refractivity contribution in [2.75, 3.05) is 32.1 Å². The van der Waals surface area contributed by atoms with E-state index in [2.05, 4.69) is 25.4 Å². The molecule has 0 aliphatic carbocycles. The number of amides is 3. The average molecular weight is 523 g/mol. The number of nitrogens with zero attached hydrogens (tertiary/aromatic N) is 1. The molecule has 200 valence electrons. The summed E-state index contributed by atoms with van der Waals surface area (Å²) in [4.78, 5) is 38.3. The molecule has 1 heterocycles. The second-order valence-corrected chi connectivity index (χ2v) is 8.39. The number of hydrogen-bond acceptors (Lipinski definition) is 6. The van der Waals surface area contributed by atoms with Crippen LogP contribution in [0.15, 0.2) is 48.5 Å². The number of benzene rings is 2. The molecular weight excluding hydrogens is 493 g/mol. The number of nitrogens with one attached hydrogen (secondary N) is 3. The Kier molecular flexibility index (Phi) is 9.72. The van der Waals surface area contributed by atoms with Crippen LogP contribution >= 0.6 is 0 Å². The smallest absolute Gasteiger partial charge is 0.469 e. The summed E-state index contributed by atoms with van der Waals surface area (Å²) >= 11 is 0. The van der Waals surface area contributed by atoms with E-state index >= 15 is 0 Å². The molecule has 1 aliphatic rings. The normalized spacial score (nSPS) is 13.9. The lowest BCUT2D eigenvalue weighted by molar-refractivity contribution is -0.274. The van der Waals surface area contributed by atoms with Crippen LogP contribution in [0, 0.1) is 0 Å². The van der Waals surface area contributed by atoms with Crippen molar-refractivity contribution in [2.24, 2.45) is 0 Å². The van der Waals surface area contributed by atoms with Crippen molar-refractivity contribution in [3.63, 3.8) is 0 Å². The van der Waals surface area contributed by atoms with Gasteiger partial charge in [0.2, 0.25) is 0 Å². The highest BCUT2D eigenvalue weighted by Crippen LogP contribution is 2.25. The zero-order chi connectivity index (χ0) is 26.8. The zero-order valence-corrected chi connectivity index (χ0v) is 20.3. The van der Waals surface area contributed by atoms with Crippen LogP contribution in [-0.2, 0) is 16.1 Å². The molecule has 0 unspecified atom stereocenters. The van der Waals surface area contributed by atoms with Crippen molar-refractivity contribution in [3.8, 4) is 5.75 Å². The van der Waals surface area contributed by atoms with Gasteiger partial charge in [0.05, 0.1) is 13.5 Å². The van der Waals surface area contributed by atoms with Gasteiger partial charge in [-0.05, 0) is 67.9 Å². The molecule has 0 bridgehead atoms. The van der Waals surface area contributed by atoms with E-state index < -0.39 is 12.3 Å². The number of carbonyl (C=O) groups is 3. The fraction of sp³-hybridized carbons (Fsp3) is 0.400. The molecule has 1 saturated heterocycles. The minimum Gasteiger partial charge on any atom is -0.469 e. The maximum absolute atomic E-state index is 13.2. The summed E-state index contributed by atoms with van der Waals surface area (Å²) in [5.74, 6) is -1.13. The molecule has 3 N–H and O–H groups in total. The lowest BCUT2D eigenvalue weighted by Gasteiger charge is -2.35. The van der Waals surface area contributed by atoms with Gasteiger partial charge in [0, 0.05) is 30.4 Å². The molecule has 1 aliphatic heterocycles. The highest BCUT2D eigenvalue weighted by molar-refractivity contribution is 5.94. The molecule has 3 amide bonds. The number of methoxy groups -OCH3 is 1. The summed E-state index contributed by atoms with van der Waals surface area (Å²) in [7, 11) is 1.28. The second-order valence-electron chi connectivity index (χ2n) is 8.39. The van der Waals surface area contributed by atoms with Gasteiger partial charge in [-0.1, -0.05) is 12.1 Å². The van der Waals surface area contributed by atoms with Crippen LogP contribution in [0.3, 0.4) is 0 Å². The zero-order valence-electron chi connectivity index (χ0n) is 20.3. The Balaban J connectivity index is 1.65. The Bertz CT molecular complexity index is 1060. The van der Waals surface area contributed by atoms with E-state index in [1.165, 1.54) is 19.2 Å². The van der Waals surface area contributed by atoms with Crippen LogP contribution in [-0.4, -0.2) is 62.0 Å². The molecule has 2 aromatic carbocycles. The monoisotopic (exact) mass is 522 g/mol. The number of hydrogen-bond donors (Lipinski definition) is 3. The third kappa shape index (κ3) is 8.98. The first-order valence-electron chi connectivity index (χ1n) is 11.7. The number of anilines is 1. The van der Waals surface area contributed by atoms with Gasteiger partial charge in [-0.15, -0.1) is 13.2 Å². The third-order valence-electron chi connectivity index (χ3n) is 5.76. The quantitative estimate of drug-likeness (QED) is 0.434. The predicted octanol–water partition coefficient (Wildman–Crippen LogP) is 3.66. The summed E-state index contributed by atoms with van der Waals surface area (Å²) in [6.07, 6.45) is -3.24. The van der Waals surface area contributed by atoms with Crippen LogP contribution in [0.2, 0.25) is 0 Å². The van der Waals surface area contributed by atoms with Crippen LogP contribution in [0.1, 0.15) is 35.2 Å². The molecule has 9 nitrogen and oxygen atoms in total. The number of esters is 1. The van der Waals surface area contributed by atoms with E-state index in [9.17, 15) is 27.6 Å². The van der Waals surface area contributed by atoms with Crippen molar-refractivity contribution in [3.05, 3.63) is 59.7 Å². The standard InChI is InChI=1S/C25H29F3N4O5/c1-36-22(33)12-15-30-23(34)18-4-2-17(3-5-18)16-32(20-10-13-29-14-11-20)24(35)31-19-6-8-21(9-7-19)37-25(26,27)28/h2-9,20,29H,10-16H2,1H3,(H,30,34)(H,31,35). The van der Waals surface area contributed by atoms with Gasteiger partial charge in [-0.3, -0.25) is 9.59 Å². The van der Waals surface area contributed by atoms with Crippen LogP contribution in [0.5, 0.6) is 5.75 Å². The van der Waals surface area contributed by atoms with Crippen molar-refractivity contribution in [1.82, 2.24) is 15.5 Å². The van der Waals surface area contributed by atoms with E-state index in [1.54, 1.807) is 29.2 Å². The molecule has 0 spiro atoms. The number of urea groups is 1. The summed E-state index contributed by atoms with van der Waals surface area (Å²) in [6.45, 7) is 1.93. The van der Waals surface area contributed by atoms with Gasteiger partial charge in [0.15, 0.2) is 0 Å². The molecular formula is C25H29F3N4O5. The fourth-order valence-corrected chi connectivity index (χ4v) is 3.86. The summed E-state index contributed by atoms with van der Waals surface area (Å²) in [5, 5.41) is 8.65. The minimum absolute atomic E-state index is 0.0459. The van der Waals surface area contributed by atoms with Crippen molar-refractivity contribution in [1.29, 1.82) is 0 Å². The first-order chi connectivity index (χ1) is 17.6. The molecule has 0 radical (unpaired) electrons. The first kappa shape index (κ1) is 27.8. The molecule has 12 heteroatoms. The van der Waals surface area contributed by atoms with Crippen molar-refractivity contribution in [2.45, 2.75) is 38.2 Å². The Hall–Kier alpha value is -3.80. The van der Waals surface area contributed by atoms with Crippen molar-refractivity contribution < 1.29 is 37.0 Å². The Morgan fingerprint density at radius 3 is 2.27 bits per heavy atom. The summed E-state index contributed by atoms with van der Waals surface area (Å²) < 4.78 is 45.6. The van der Waals surface area contributed by atoms with Gasteiger partial charge in [0.1, 0.15) is 5.75 Å². The number of ether oxygens (including phenoxy) is 2. The largest absolute Gasteiger partial charge is 0.573 e. The van der Waals surface area contributed by atoms with Gasteiger partial charge in [0.25, 0.3) is 5.91 Å². The summed E-state index contributed by atoms with van der Waals surface area (Å²) in [6, 6.07) is 11.3.